The number of carbonyl (C=O) groups is 1. The van der Waals surface area contributed by atoms with Crippen LogP contribution in [0.15, 0.2) is 47.4 Å². The molecule has 1 aliphatic rings. The Bertz CT molecular complexity index is 1270. The van der Waals surface area contributed by atoms with E-state index in [0.717, 1.165) is 28.6 Å². The highest BCUT2D eigenvalue weighted by Gasteiger charge is 2.29. The maximum Gasteiger partial charge on any atom is 0.260 e. The van der Waals surface area contributed by atoms with Gasteiger partial charge >= 0.3 is 0 Å². The Labute approximate surface area is 206 Å². The fourth-order valence-electron chi connectivity index (χ4n) is 4.16. The number of carbonyl (C=O) groups excluding carboxylic acids is 1. The van der Waals surface area contributed by atoms with Crippen LogP contribution >= 0.6 is 11.3 Å². The van der Waals surface area contributed by atoms with Crippen molar-refractivity contribution in [3.05, 3.63) is 53.6 Å². The molecule has 182 valence electrons. The van der Waals surface area contributed by atoms with Gasteiger partial charge in [0.15, 0.2) is 5.13 Å². The van der Waals surface area contributed by atoms with Gasteiger partial charge in [-0.15, -0.1) is 0 Å². The Morgan fingerprint density at radius 3 is 2.56 bits per heavy atom. The van der Waals surface area contributed by atoms with Crippen LogP contribution in [-0.2, 0) is 10.0 Å². The van der Waals surface area contributed by atoms with Crippen LogP contribution < -0.4 is 4.90 Å². The second kappa shape index (κ2) is 10.1. The Kier molecular flexibility index (Phi) is 7.37. The number of hydrogen-bond donors (Lipinski definition) is 0. The third-order valence-corrected chi connectivity index (χ3v) is 9.06. The van der Waals surface area contributed by atoms with Gasteiger partial charge in [-0.05, 0) is 81.7 Å². The van der Waals surface area contributed by atoms with Gasteiger partial charge in [-0.1, -0.05) is 24.3 Å². The predicted molar refractivity (Wildman–Crippen MR) is 138 cm³/mol. The summed E-state index contributed by atoms with van der Waals surface area (Å²) in [6, 6.07) is 12.4. The lowest BCUT2D eigenvalue weighted by Crippen LogP contribution is -2.39. The molecule has 0 aliphatic carbocycles. The number of sulfonamides is 1. The molecule has 1 aromatic heterocycles. The molecule has 0 N–H and O–H groups in total. The van der Waals surface area contributed by atoms with Crippen LogP contribution in [0.4, 0.5) is 5.13 Å². The number of piperidine rings is 1. The highest BCUT2D eigenvalue weighted by atomic mass is 32.2. The van der Waals surface area contributed by atoms with Gasteiger partial charge < -0.3 is 4.90 Å². The molecule has 1 amide bonds. The van der Waals surface area contributed by atoms with E-state index in [2.05, 4.69) is 13.0 Å². The van der Waals surface area contributed by atoms with Gasteiger partial charge in [0.1, 0.15) is 0 Å². The fourth-order valence-corrected chi connectivity index (χ4v) is 6.84. The number of amides is 1. The second-order valence-corrected chi connectivity index (χ2v) is 12.3. The van der Waals surface area contributed by atoms with Crippen molar-refractivity contribution in [1.29, 1.82) is 0 Å². The molecule has 4 rings (SSSR count). The molecular weight excluding hydrogens is 468 g/mol. The molecule has 2 aromatic carbocycles. The average Bonchev–Trinajstić information content (AvgIpc) is 3.21. The number of nitrogens with zero attached hydrogens (tertiary/aromatic N) is 4. The van der Waals surface area contributed by atoms with E-state index in [0.29, 0.717) is 42.8 Å². The smallest absolute Gasteiger partial charge is 0.260 e. The van der Waals surface area contributed by atoms with Crippen LogP contribution in [0.2, 0.25) is 0 Å². The predicted octanol–water partition coefficient (Wildman–Crippen LogP) is 4.23. The second-order valence-electron chi connectivity index (χ2n) is 9.36. The van der Waals surface area contributed by atoms with Crippen LogP contribution in [0.5, 0.6) is 0 Å². The number of likely N-dealkylation sites (N-methyl/N-ethyl adjacent to an activating group) is 1. The zero-order valence-corrected chi connectivity index (χ0v) is 21.8. The van der Waals surface area contributed by atoms with Crippen LogP contribution in [0.3, 0.4) is 0 Å². The van der Waals surface area contributed by atoms with Crippen molar-refractivity contribution in [1.82, 2.24) is 14.2 Å². The van der Waals surface area contributed by atoms with Crippen molar-refractivity contribution >= 4 is 42.6 Å². The zero-order valence-electron chi connectivity index (χ0n) is 20.2. The van der Waals surface area contributed by atoms with Gasteiger partial charge in [0.25, 0.3) is 5.91 Å². The largest absolute Gasteiger partial charge is 0.308 e. The zero-order chi connectivity index (χ0) is 24.5. The van der Waals surface area contributed by atoms with E-state index in [4.69, 9.17) is 4.98 Å². The first kappa shape index (κ1) is 24.8. The van der Waals surface area contributed by atoms with Gasteiger partial charge in [0.05, 0.1) is 15.1 Å². The third-order valence-electron chi connectivity index (χ3n) is 6.14. The molecule has 0 radical (unpaired) electrons. The van der Waals surface area contributed by atoms with Gasteiger partial charge in [0, 0.05) is 31.7 Å². The molecule has 34 heavy (non-hydrogen) atoms. The van der Waals surface area contributed by atoms with Gasteiger partial charge in [0.2, 0.25) is 10.0 Å². The Hall–Kier alpha value is -2.33. The molecule has 1 aliphatic heterocycles. The number of aryl methyl sites for hydroxylation is 1. The summed E-state index contributed by atoms with van der Waals surface area (Å²) in [6.07, 6.45) is 1.92. The van der Waals surface area contributed by atoms with E-state index in [-0.39, 0.29) is 10.8 Å². The van der Waals surface area contributed by atoms with E-state index in [1.54, 1.807) is 33.5 Å². The van der Waals surface area contributed by atoms with Gasteiger partial charge in [-0.25, -0.2) is 13.4 Å². The SMILES string of the molecule is Cc1ccc2nc(N(CCN(C)C)C(=O)c3ccc(S(=O)(=O)N4CCCC(C)C4)cc3)sc2c1. The van der Waals surface area contributed by atoms with Crippen molar-refractivity contribution in [2.75, 3.05) is 45.2 Å². The summed E-state index contributed by atoms with van der Waals surface area (Å²) in [4.78, 5) is 22.2. The third kappa shape index (κ3) is 5.33. The standard InChI is InChI=1S/C25H32N4O3S2/c1-18-7-12-22-23(16-18)33-25(26-22)29(15-14-27(3)4)24(30)20-8-10-21(11-9-20)34(31,32)28-13-5-6-19(2)17-28/h7-12,16,19H,5-6,13-15,17H2,1-4H3. The summed E-state index contributed by atoms with van der Waals surface area (Å²) < 4.78 is 28.8. The molecule has 0 saturated carbocycles. The molecule has 0 spiro atoms. The molecular formula is C25H32N4O3S2. The quantitative estimate of drug-likeness (QED) is 0.485. The first-order valence-electron chi connectivity index (χ1n) is 11.6. The summed E-state index contributed by atoms with van der Waals surface area (Å²) in [5, 5.41) is 0.645. The summed E-state index contributed by atoms with van der Waals surface area (Å²) in [7, 11) is 0.366. The normalized spacial score (nSPS) is 17.4. The topological polar surface area (TPSA) is 73.8 Å². The van der Waals surface area contributed by atoms with E-state index in [1.165, 1.54) is 11.3 Å². The molecule has 1 fully saturated rings. The average molecular weight is 501 g/mol. The molecule has 7 nitrogen and oxygen atoms in total. The number of anilines is 1. The summed E-state index contributed by atoms with van der Waals surface area (Å²) in [5.74, 6) is 0.167. The van der Waals surface area contributed by atoms with Gasteiger partial charge in [-0.3, -0.25) is 9.69 Å². The summed E-state index contributed by atoms with van der Waals surface area (Å²) >= 11 is 1.49. The number of thiazole rings is 1. The van der Waals surface area contributed by atoms with Crippen molar-refractivity contribution in [2.24, 2.45) is 5.92 Å². The molecule has 2 heterocycles. The molecule has 9 heteroatoms. The van der Waals surface area contributed by atoms with Gasteiger partial charge in [-0.2, -0.15) is 4.31 Å². The van der Waals surface area contributed by atoms with Crippen molar-refractivity contribution < 1.29 is 13.2 Å². The van der Waals surface area contributed by atoms with E-state index >= 15 is 0 Å². The van der Waals surface area contributed by atoms with Crippen molar-refractivity contribution in [3.63, 3.8) is 0 Å². The maximum atomic E-state index is 13.5. The number of rotatable bonds is 7. The minimum atomic E-state index is -3.56. The minimum absolute atomic E-state index is 0.187. The van der Waals surface area contributed by atoms with Crippen molar-refractivity contribution in [3.8, 4) is 0 Å². The van der Waals surface area contributed by atoms with E-state index in [9.17, 15) is 13.2 Å². The molecule has 1 unspecified atom stereocenters. The Morgan fingerprint density at radius 1 is 1.15 bits per heavy atom. The lowest BCUT2D eigenvalue weighted by molar-refractivity contribution is 0.0985. The number of fused-ring (bicyclic) bond motifs is 1. The highest BCUT2D eigenvalue weighted by Crippen LogP contribution is 2.31. The summed E-state index contributed by atoms with van der Waals surface area (Å²) in [5.41, 5.74) is 2.46. The molecule has 1 saturated heterocycles. The lowest BCUT2D eigenvalue weighted by atomic mass is 10.0. The first-order chi connectivity index (χ1) is 16.1. The highest BCUT2D eigenvalue weighted by molar-refractivity contribution is 7.89. The van der Waals surface area contributed by atoms with E-state index in [1.807, 2.05) is 38.1 Å². The van der Waals surface area contributed by atoms with E-state index < -0.39 is 10.0 Å². The van der Waals surface area contributed by atoms with Crippen LogP contribution in [0.1, 0.15) is 35.7 Å². The van der Waals surface area contributed by atoms with Crippen LogP contribution in [0.25, 0.3) is 10.2 Å². The Balaban J connectivity index is 1.60. The number of benzene rings is 2. The van der Waals surface area contributed by atoms with Crippen LogP contribution in [-0.4, -0.2) is 68.8 Å². The number of aromatic nitrogens is 1. The molecule has 1 atom stereocenters. The molecule has 0 bridgehead atoms. The minimum Gasteiger partial charge on any atom is -0.308 e. The summed E-state index contributed by atoms with van der Waals surface area (Å²) in [6.45, 7) is 6.36. The Morgan fingerprint density at radius 2 is 1.88 bits per heavy atom. The lowest BCUT2D eigenvalue weighted by Gasteiger charge is -2.30. The fraction of sp³-hybridized carbons (Fsp3) is 0.440. The van der Waals surface area contributed by atoms with Crippen LogP contribution in [0, 0.1) is 12.8 Å². The molecule has 3 aromatic rings. The number of hydrogen-bond acceptors (Lipinski definition) is 6. The monoisotopic (exact) mass is 500 g/mol. The van der Waals surface area contributed by atoms with Crippen molar-refractivity contribution in [2.45, 2.75) is 31.6 Å². The first-order valence-corrected chi connectivity index (χ1v) is 13.8. The maximum absolute atomic E-state index is 13.5.